The summed E-state index contributed by atoms with van der Waals surface area (Å²) >= 11 is 0. The zero-order chi connectivity index (χ0) is 20.5. The molecule has 1 aliphatic carbocycles. The molecule has 6 nitrogen and oxygen atoms in total. The minimum Gasteiger partial charge on any atom is -0.490 e. The van der Waals surface area contributed by atoms with Crippen LogP contribution in [0.2, 0.25) is 0 Å². The van der Waals surface area contributed by atoms with Gasteiger partial charge in [0.2, 0.25) is 0 Å². The number of hydrogen-bond donors (Lipinski definition) is 4. The smallest absolute Gasteiger partial charge is 0.119 e. The van der Waals surface area contributed by atoms with Gasteiger partial charge in [-0.3, -0.25) is 0 Å². The predicted molar refractivity (Wildman–Crippen MR) is 107 cm³/mol. The van der Waals surface area contributed by atoms with Crippen LogP contribution in [-0.4, -0.2) is 57.6 Å². The van der Waals surface area contributed by atoms with Crippen LogP contribution in [-0.2, 0) is 11.2 Å². The van der Waals surface area contributed by atoms with Gasteiger partial charge in [0, 0.05) is 0 Å². The molecule has 2 aliphatic rings. The first kappa shape index (κ1) is 20.3. The lowest BCUT2D eigenvalue weighted by atomic mass is 9.89. The first-order valence-electron chi connectivity index (χ1n) is 10.1. The van der Waals surface area contributed by atoms with Gasteiger partial charge in [-0.1, -0.05) is 30.3 Å². The molecule has 0 bridgehead atoms. The molecule has 1 heterocycles. The third-order valence-electron chi connectivity index (χ3n) is 5.74. The number of hydrogen-bond acceptors (Lipinski definition) is 6. The highest BCUT2D eigenvalue weighted by molar-refractivity contribution is 5.38. The monoisotopic (exact) mass is 400 g/mol. The Morgan fingerprint density at radius 2 is 1.69 bits per heavy atom. The summed E-state index contributed by atoms with van der Waals surface area (Å²) in [5, 5.41) is 39.9. The molecule has 4 N–H and O–H groups in total. The third kappa shape index (κ3) is 4.47. The standard InChI is InChI=1S/C23H28O6/c1-13-2-5-15(23-22(27)21(26)20(25)19(12-24)29-23)11-16(13)10-14-3-6-17(7-4-14)28-18-8-9-18/h2-7,11,18-27H,8-10,12H2,1H3/t19-,20-,21+,22-,23+/m1/s1. The van der Waals surface area contributed by atoms with Gasteiger partial charge in [0.15, 0.2) is 0 Å². The van der Waals surface area contributed by atoms with E-state index in [0.29, 0.717) is 18.1 Å². The molecule has 2 aromatic carbocycles. The minimum atomic E-state index is -1.38. The molecule has 5 atom stereocenters. The molecule has 0 amide bonds. The summed E-state index contributed by atoms with van der Waals surface area (Å²) in [6.45, 7) is 1.59. The van der Waals surface area contributed by atoms with Gasteiger partial charge in [0.05, 0.1) is 12.7 Å². The molecular formula is C23H28O6. The second-order valence-electron chi connectivity index (χ2n) is 8.07. The molecule has 1 aliphatic heterocycles. The largest absolute Gasteiger partial charge is 0.490 e. The van der Waals surface area contributed by atoms with E-state index in [2.05, 4.69) is 12.1 Å². The lowest BCUT2D eigenvalue weighted by Gasteiger charge is -2.40. The van der Waals surface area contributed by atoms with E-state index < -0.39 is 37.1 Å². The van der Waals surface area contributed by atoms with Gasteiger partial charge in [-0.25, -0.2) is 0 Å². The maximum Gasteiger partial charge on any atom is 0.119 e. The zero-order valence-corrected chi connectivity index (χ0v) is 16.4. The van der Waals surface area contributed by atoms with E-state index in [1.807, 2.05) is 37.3 Å². The molecule has 0 unspecified atom stereocenters. The number of aryl methyl sites for hydroxylation is 1. The third-order valence-corrected chi connectivity index (χ3v) is 5.74. The van der Waals surface area contributed by atoms with E-state index >= 15 is 0 Å². The Kier molecular flexibility index (Phi) is 5.90. The molecule has 1 saturated heterocycles. The second-order valence-corrected chi connectivity index (χ2v) is 8.07. The number of ether oxygens (including phenoxy) is 2. The number of aliphatic hydroxyl groups is 4. The molecule has 2 aromatic rings. The van der Waals surface area contributed by atoms with Crippen LogP contribution < -0.4 is 4.74 Å². The summed E-state index contributed by atoms with van der Waals surface area (Å²) in [6, 6.07) is 13.8. The Balaban J connectivity index is 1.52. The topological polar surface area (TPSA) is 99.4 Å². The van der Waals surface area contributed by atoms with Crippen LogP contribution >= 0.6 is 0 Å². The SMILES string of the molecule is Cc1ccc([C@@H]2O[C@H](CO)[C@@H](O)[C@H](O)[C@H]2O)cc1Cc1ccc(OC2CC2)cc1. The molecule has 156 valence electrons. The van der Waals surface area contributed by atoms with Crippen LogP contribution in [0.1, 0.15) is 41.2 Å². The molecule has 0 radical (unpaired) electrons. The van der Waals surface area contributed by atoms with Gasteiger partial charge in [-0.05, 0) is 60.6 Å². The van der Waals surface area contributed by atoms with Crippen LogP contribution in [0.5, 0.6) is 5.75 Å². The average molecular weight is 400 g/mol. The lowest BCUT2D eigenvalue weighted by molar-refractivity contribution is -0.231. The van der Waals surface area contributed by atoms with Crippen LogP contribution in [0, 0.1) is 6.92 Å². The normalized spacial score (nSPS) is 29.6. The summed E-state index contributed by atoms with van der Waals surface area (Å²) in [6.07, 6.45) is -2.40. The molecular weight excluding hydrogens is 372 g/mol. The van der Waals surface area contributed by atoms with Crippen molar-refractivity contribution in [2.75, 3.05) is 6.61 Å². The maximum atomic E-state index is 10.4. The van der Waals surface area contributed by atoms with E-state index in [9.17, 15) is 20.4 Å². The lowest BCUT2D eigenvalue weighted by Crippen LogP contribution is -2.55. The van der Waals surface area contributed by atoms with Crippen molar-refractivity contribution < 1.29 is 29.9 Å². The summed E-state index contributed by atoms with van der Waals surface area (Å²) in [4.78, 5) is 0. The Bertz CT molecular complexity index is 830. The molecule has 29 heavy (non-hydrogen) atoms. The molecule has 1 saturated carbocycles. The molecule has 2 fully saturated rings. The van der Waals surface area contributed by atoms with Crippen molar-refractivity contribution in [2.24, 2.45) is 0 Å². The van der Waals surface area contributed by atoms with Crippen molar-refractivity contribution in [3.63, 3.8) is 0 Å². The van der Waals surface area contributed by atoms with E-state index in [4.69, 9.17) is 9.47 Å². The zero-order valence-electron chi connectivity index (χ0n) is 16.4. The van der Waals surface area contributed by atoms with E-state index in [-0.39, 0.29) is 0 Å². The fourth-order valence-electron chi connectivity index (χ4n) is 3.72. The van der Waals surface area contributed by atoms with Gasteiger partial charge in [-0.2, -0.15) is 0 Å². The first-order valence-corrected chi connectivity index (χ1v) is 10.1. The number of rotatable bonds is 6. The summed E-state index contributed by atoms with van der Waals surface area (Å²) < 4.78 is 11.5. The van der Waals surface area contributed by atoms with Gasteiger partial charge in [0.25, 0.3) is 0 Å². The van der Waals surface area contributed by atoms with Crippen molar-refractivity contribution in [1.29, 1.82) is 0 Å². The minimum absolute atomic E-state index is 0.373. The van der Waals surface area contributed by atoms with E-state index in [0.717, 1.165) is 35.3 Å². The van der Waals surface area contributed by atoms with Crippen LogP contribution in [0.4, 0.5) is 0 Å². The van der Waals surface area contributed by atoms with Crippen LogP contribution in [0.15, 0.2) is 42.5 Å². The van der Waals surface area contributed by atoms with Gasteiger partial charge in [-0.15, -0.1) is 0 Å². The second kappa shape index (κ2) is 8.42. The average Bonchev–Trinajstić information content (AvgIpc) is 3.54. The van der Waals surface area contributed by atoms with E-state index in [1.54, 1.807) is 0 Å². The van der Waals surface area contributed by atoms with Gasteiger partial charge in [0.1, 0.15) is 36.3 Å². The fourth-order valence-corrected chi connectivity index (χ4v) is 3.72. The Labute approximate surface area is 170 Å². The molecule has 6 heteroatoms. The molecule has 0 aromatic heterocycles. The van der Waals surface area contributed by atoms with Crippen molar-refractivity contribution in [3.8, 4) is 5.75 Å². The maximum absolute atomic E-state index is 10.4. The summed E-state index contributed by atoms with van der Waals surface area (Å²) in [5.74, 6) is 0.892. The highest BCUT2D eigenvalue weighted by atomic mass is 16.5. The quantitative estimate of drug-likeness (QED) is 0.588. The van der Waals surface area contributed by atoms with Crippen molar-refractivity contribution >= 4 is 0 Å². The van der Waals surface area contributed by atoms with Crippen LogP contribution in [0.3, 0.4) is 0 Å². The summed E-state index contributed by atoms with van der Waals surface area (Å²) in [7, 11) is 0. The first-order chi connectivity index (χ1) is 14.0. The Hall–Kier alpha value is -1.96. The number of benzene rings is 2. The van der Waals surface area contributed by atoms with Gasteiger partial charge < -0.3 is 29.9 Å². The molecule has 0 spiro atoms. The van der Waals surface area contributed by atoms with Crippen molar-refractivity contribution in [1.82, 2.24) is 0 Å². The van der Waals surface area contributed by atoms with E-state index in [1.165, 1.54) is 0 Å². The predicted octanol–water partition coefficient (Wildman–Crippen LogP) is 1.64. The molecule has 4 rings (SSSR count). The van der Waals surface area contributed by atoms with Crippen LogP contribution in [0.25, 0.3) is 0 Å². The fraction of sp³-hybridized carbons (Fsp3) is 0.478. The summed E-state index contributed by atoms with van der Waals surface area (Å²) in [5.41, 5.74) is 4.03. The van der Waals surface area contributed by atoms with Crippen molar-refractivity contribution in [2.45, 2.75) is 62.8 Å². The highest BCUT2D eigenvalue weighted by Crippen LogP contribution is 2.34. The highest BCUT2D eigenvalue weighted by Gasteiger charge is 2.43. The van der Waals surface area contributed by atoms with Crippen molar-refractivity contribution in [3.05, 3.63) is 64.7 Å². The Morgan fingerprint density at radius 3 is 2.34 bits per heavy atom. The number of aliphatic hydroxyl groups excluding tert-OH is 4. The Morgan fingerprint density at radius 1 is 0.966 bits per heavy atom. The van der Waals surface area contributed by atoms with Gasteiger partial charge >= 0.3 is 0 Å².